The van der Waals surface area contributed by atoms with Gasteiger partial charge in [0.2, 0.25) is 0 Å². The Balaban J connectivity index is 1.28. The Kier molecular flexibility index (Phi) is 6.06. The van der Waals surface area contributed by atoms with Crippen molar-refractivity contribution in [1.82, 2.24) is 4.57 Å². The molecule has 1 aromatic heterocycles. The number of rotatable bonds is 3. The van der Waals surface area contributed by atoms with Crippen LogP contribution in [0.2, 0.25) is 0 Å². The van der Waals surface area contributed by atoms with Crippen molar-refractivity contribution >= 4 is 64.8 Å². The molecule has 0 radical (unpaired) electrons. The predicted octanol–water partition coefficient (Wildman–Crippen LogP) is 12.1. The number of nitrogens with zero attached hydrogens (tertiary/aromatic N) is 1. The van der Waals surface area contributed by atoms with E-state index in [1.807, 2.05) is 41.0 Å². The van der Waals surface area contributed by atoms with Gasteiger partial charge in [0.1, 0.15) is 0 Å². The lowest BCUT2D eigenvalue weighted by atomic mass is 9.91. The quantitative estimate of drug-likeness (QED) is 0.142. The van der Waals surface area contributed by atoms with Crippen molar-refractivity contribution < 1.29 is 0 Å². The van der Waals surface area contributed by atoms with E-state index < -0.39 is 0 Å². The minimum atomic E-state index is -0.0216. The molecule has 228 valence electrons. The van der Waals surface area contributed by atoms with E-state index in [-0.39, 0.29) is 5.56 Å². The second-order valence-electron chi connectivity index (χ2n) is 12.9. The molecule has 0 atom stereocenters. The Labute approximate surface area is 282 Å². The molecular weight excluding hydrogens is 595 g/mol. The van der Waals surface area contributed by atoms with Crippen molar-refractivity contribution in [2.75, 3.05) is 0 Å². The van der Waals surface area contributed by atoms with Crippen molar-refractivity contribution in [2.45, 2.75) is 0 Å². The summed E-state index contributed by atoms with van der Waals surface area (Å²) in [5.41, 5.74) is 6.08. The number of pyridine rings is 1. The monoisotopic (exact) mass is 623 g/mol. The summed E-state index contributed by atoms with van der Waals surface area (Å²) >= 11 is 0. The maximum atomic E-state index is 14.4. The van der Waals surface area contributed by atoms with Crippen LogP contribution in [0, 0.1) is 0 Å². The van der Waals surface area contributed by atoms with Gasteiger partial charge in [-0.3, -0.25) is 9.36 Å². The van der Waals surface area contributed by atoms with Crippen LogP contribution in [0.15, 0.2) is 181 Å². The number of aromatic nitrogens is 1. The summed E-state index contributed by atoms with van der Waals surface area (Å²) in [7, 11) is 0. The van der Waals surface area contributed by atoms with Gasteiger partial charge in [-0.2, -0.15) is 0 Å². The molecule has 49 heavy (non-hydrogen) atoms. The van der Waals surface area contributed by atoms with Crippen molar-refractivity contribution in [1.29, 1.82) is 0 Å². The predicted molar refractivity (Wildman–Crippen MR) is 208 cm³/mol. The van der Waals surface area contributed by atoms with Gasteiger partial charge in [0.25, 0.3) is 5.56 Å². The fourth-order valence-electron chi connectivity index (χ4n) is 7.75. The van der Waals surface area contributed by atoms with Gasteiger partial charge in [-0.15, -0.1) is 0 Å². The molecule has 0 fully saturated rings. The number of benzene rings is 9. The van der Waals surface area contributed by atoms with Gasteiger partial charge in [-0.25, -0.2) is 0 Å². The first-order chi connectivity index (χ1) is 24.2. The highest BCUT2D eigenvalue weighted by molar-refractivity contribution is 6.15. The molecule has 10 rings (SSSR count). The molecule has 2 nitrogen and oxygen atoms in total. The van der Waals surface area contributed by atoms with E-state index >= 15 is 0 Å². The summed E-state index contributed by atoms with van der Waals surface area (Å²) in [6, 6.07) is 62.1. The highest BCUT2D eigenvalue weighted by Gasteiger charge is 2.16. The van der Waals surface area contributed by atoms with E-state index in [4.69, 9.17) is 0 Å². The Bertz CT molecular complexity index is 3020. The number of hydrogen-bond donors (Lipinski definition) is 0. The van der Waals surface area contributed by atoms with Crippen LogP contribution in [0.4, 0.5) is 0 Å². The van der Waals surface area contributed by atoms with Crippen LogP contribution in [-0.2, 0) is 0 Å². The lowest BCUT2D eigenvalue weighted by Gasteiger charge is -2.17. The smallest absolute Gasteiger partial charge is 0.263 e. The van der Waals surface area contributed by atoms with Gasteiger partial charge >= 0.3 is 0 Å². The molecule has 10 aromatic rings. The second-order valence-corrected chi connectivity index (χ2v) is 12.9. The third-order valence-corrected chi connectivity index (χ3v) is 10.1. The Hall–Kier alpha value is -6.51. The van der Waals surface area contributed by atoms with Gasteiger partial charge in [0, 0.05) is 10.8 Å². The molecule has 0 bridgehead atoms. The van der Waals surface area contributed by atoms with Gasteiger partial charge < -0.3 is 0 Å². The lowest BCUT2D eigenvalue weighted by Crippen LogP contribution is -2.19. The summed E-state index contributed by atoms with van der Waals surface area (Å²) < 4.78 is 1.90. The minimum absolute atomic E-state index is 0.0216. The summed E-state index contributed by atoms with van der Waals surface area (Å²) in [6.07, 6.45) is 0. The molecule has 0 unspecified atom stereocenters. The fourth-order valence-corrected chi connectivity index (χ4v) is 7.75. The molecule has 0 N–H and O–H groups in total. The first-order valence-corrected chi connectivity index (χ1v) is 16.7. The second kappa shape index (κ2) is 10.8. The van der Waals surface area contributed by atoms with Crippen LogP contribution in [0.5, 0.6) is 0 Å². The molecule has 0 aliphatic rings. The van der Waals surface area contributed by atoms with Crippen molar-refractivity contribution in [3.05, 3.63) is 186 Å². The van der Waals surface area contributed by atoms with E-state index in [0.717, 1.165) is 44.2 Å². The van der Waals surface area contributed by atoms with E-state index in [1.54, 1.807) is 0 Å². The zero-order valence-corrected chi connectivity index (χ0v) is 26.6. The minimum Gasteiger partial charge on any atom is -0.276 e. The molecule has 0 aliphatic heterocycles. The van der Waals surface area contributed by atoms with Crippen LogP contribution in [-0.4, -0.2) is 4.57 Å². The average Bonchev–Trinajstić information content (AvgIpc) is 3.16. The molecule has 2 heteroatoms. The van der Waals surface area contributed by atoms with Crippen molar-refractivity contribution in [3.8, 4) is 27.9 Å². The largest absolute Gasteiger partial charge is 0.276 e. The maximum Gasteiger partial charge on any atom is 0.263 e. The van der Waals surface area contributed by atoms with Crippen molar-refractivity contribution in [3.63, 3.8) is 0 Å². The number of hydrogen-bond acceptors (Lipinski definition) is 1. The van der Waals surface area contributed by atoms with Gasteiger partial charge in [0.15, 0.2) is 0 Å². The van der Waals surface area contributed by atoms with Crippen LogP contribution in [0.1, 0.15) is 0 Å². The topological polar surface area (TPSA) is 22.0 Å². The first kappa shape index (κ1) is 27.6. The van der Waals surface area contributed by atoms with Crippen molar-refractivity contribution in [2.24, 2.45) is 0 Å². The zero-order valence-electron chi connectivity index (χ0n) is 26.6. The van der Waals surface area contributed by atoms with Crippen LogP contribution >= 0.6 is 0 Å². The average molecular weight is 624 g/mol. The van der Waals surface area contributed by atoms with Crippen LogP contribution in [0.3, 0.4) is 0 Å². The summed E-state index contributed by atoms with van der Waals surface area (Å²) in [5, 5.41) is 12.5. The molecule has 0 spiro atoms. The molecule has 0 saturated carbocycles. The third kappa shape index (κ3) is 4.38. The SMILES string of the molecule is O=c1c2ccccc2c2ccccc2n1-c1cc(-c2ccc3ccccc3c2)cc(-c2cccc3c2ccc2cc4ccccc4cc23)c1. The van der Waals surface area contributed by atoms with Crippen LogP contribution < -0.4 is 5.56 Å². The fraction of sp³-hybridized carbons (Fsp3) is 0. The maximum absolute atomic E-state index is 14.4. The zero-order chi connectivity index (χ0) is 32.5. The summed E-state index contributed by atoms with van der Waals surface area (Å²) in [4.78, 5) is 14.4. The Morgan fingerprint density at radius 1 is 0.327 bits per heavy atom. The Morgan fingerprint density at radius 2 is 0.939 bits per heavy atom. The van der Waals surface area contributed by atoms with E-state index in [2.05, 4.69) is 140 Å². The molecule has 9 aromatic carbocycles. The van der Waals surface area contributed by atoms with Gasteiger partial charge in [0.05, 0.1) is 11.2 Å². The van der Waals surface area contributed by atoms with E-state index in [1.165, 1.54) is 43.1 Å². The van der Waals surface area contributed by atoms with Gasteiger partial charge in [-0.05, 0) is 119 Å². The third-order valence-electron chi connectivity index (χ3n) is 10.1. The normalized spacial score (nSPS) is 11.8. The lowest BCUT2D eigenvalue weighted by molar-refractivity contribution is 1.06. The Morgan fingerprint density at radius 3 is 1.78 bits per heavy atom. The standard InChI is InChI=1S/C47H29NO/c49-47-44-16-6-5-14-41(44)43-15-7-8-19-46(43)48(47)38-27-36(34-21-20-30-10-1-2-11-31(30)24-34)26-37(28-38)39-17-9-18-40-42(39)23-22-35-25-32-12-3-4-13-33(32)29-45(35)40/h1-29H. The molecule has 0 saturated heterocycles. The first-order valence-electron chi connectivity index (χ1n) is 16.7. The molecule has 0 amide bonds. The molecule has 1 heterocycles. The molecule has 0 aliphatic carbocycles. The number of para-hydroxylation sites is 1. The summed E-state index contributed by atoms with van der Waals surface area (Å²) in [6.45, 7) is 0. The van der Waals surface area contributed by atoms with Crippen LogP contribution in [0.25, 0.3) is 92.7 Å². The number of fused-ring (bicyclic) bond motifs is 8. The van der Waals surface area contributed by atoms with E-state index in [0.29, 0.717) is 5.39 Å². The highest BCUT2D eigenvalue weighted by atomic mass is 16.1. The molecular formula is C47H29NO. The highest BCUT2D eigenvalue weighted by Crippen LogP contribution is 2.38. The summed E-state index contributed by atoms with van der Waals surface area (Å²) in [5.74, 6) is 0. The van der Waals surface area contributed by atoms with E-state index in [9.17, 15) is 4.79 Å². The van der Waals surface area contributed by atoms with Gasteiger partial charge in [-0.1, -0.05) is 127 Å².